The number of aromatic nitrogens is 1. The molecule has 0 aliphatic carbocycles. The summed E-state index contributed by atoms with van der Waals surface area (Å²) in [6, 6.07) is 11.5. The summed E-state index contributed by atoms with van der Waals surface area (Å²) >= 11 is 0. The number of carbonyl (C=O) groups excluding carboxylic acids is 1. The van der Waals surface area contributed by atoms with Gasteiger partial charge in [-0.2, -0.15) is 0 Å². The Kier molecular flexibility index (Phi) is 5.04. The number of likely N-dealkylation sites (tertiary alicyclic amines) is 1. The largest absolute Gasteiger partial charge is 0.486 e. The van der Waals surface area contributed by atoms with Crippen molar-refractivity contribution >= 4 is 5.91 Å². The highest BCUT2D eigenvalue weighted by Gasteiger charge is 2.21. The molecule has 0 radical (unpaired) electrons. The van der Waals surface area contributed by atoms with Gasteiger partial charge in [0.1, 0.15) is 12.7 Å². The van der Waals surface area contributed by atoms with Gasteiger partial charge in [0.25, 0.3) is 5.91 Å². The zero-order valence-electron chi connectivity index (χ0n) is 14.9. The van der Waals surface area contributed by atoms with Crippen molar-refractivity contribution in [1.82, 2.24) is 9.88 Å². The van der Waals surface area contributed by atoms with Crippen LogP contribution in [0.15, 0.2) is 42.6 Å². The molecule has 2 aliphatic heterocycles. The standard InChI is InChI=1S/C21H24N2O3/c24-21(23-12-4-1-5-13-23)16-10-11-22-17(14-16)8-9-18-15-25-19-6-2-3-7-20(19)26-18/h2-3,6-7,10-11,14,18H,1,4-5,8-9,12-13,15H2/t18-/m1/s1. The van der Waals surface area contributed by atoms with Crippen LogP contribution in [0, 0.1) is 0 Å². The van der Waals surface area contributed by atoms with Crippen molar-refractivity contribution in [2.24, 2.45) is 0 Å². The number of fused-ring (bicyclic) bond motifs is 1. The highest BCUT2D eigenvalue weighted by Crippen LogP contribution is 2.31. The van der Waals surface area contributed by atoms with Gasteiger partial charge in [0, 0.05) is 30.5 Å². The Morgan fingerprint density at radius 1 is 1.12 bits per heavy atom. The molecule has 0 spiro atoms. The second-order valence-corrected chi connectivity index (χ2v) is 6.92. The Labute approximate surface area is 153 Å². The van der Waals surface area contributed by atoms with Gasteiger partial charge in [-0.15, -0.1) is 0 Å². The molecule has 1 fully saturated rings. The number of para-hydroxylation sites is 2. The topological polar surface area (TPSA) is 51.7 Å². The number of piperidine rings is 1. The van der Waals surface area contributed by atoms with E-state index in [0.717, 1.165) is 61.5 Å². The van der Waals surface area contributed by atoms with Crippen LogP contribution < -0.4 is 9.47 Å². The fraction of sp³-hybridized carbons (Fsp3) is 0.429. The summed E-state index contributed by atoms with van der Waals surface area (Å²) in [5.74, 6) is 1.72. The minimum absolute atomic E-state index is 0.00755. The Morgan fingerprint density at radius 2 is 1.92 bits per heavy atom. The second kappa shape index (κ2) is 7.77. The lowest BCUT2D eigenvalue weighted by atomic mass is 10.1. The molecule has 1 saturated heterocycles. The number of aryl methyl sites for hydroxylation is 1. The summed E-state index contributed by atoms with van der Waals surface area (Å²) < 4.78 is 11.8. The van der Waals surface area contributed by atoms with Crippen LogP contribution in [-0.2, 0) is 6.42 Å². The van der Waals surface area contributed by atoms with Crippen LogP contribution in [0.2, 0.25) is 0 Å². The van der Waals surface area contributed by atoms with Crippen LogP contribution in [0.3, 0.4) is 0 Å². The van der Waals surface area contributed by atoms with E-state index >= 15 is 0 Å². The van der Waals surface area contributed by atoms with Gasteiger partial charge >= 0.3 is 0 Å². The molecule has 4 rings (SSSR count). The first-order valence-corrected chi connectivity index (χ1v) is 9.42. The Bertz CT molecular complexity index is 771. The molecule has 0 unspecified atom stereocenters. The predicted molar refractivity (Wildman–Crippen MR) is 98.7 cm³/mol. The van der Waals surface area contributed by atoms with Crippen molar-refractivity contribution in [2.75, 3.05) is 19.7 Å². The molecule has 0 saturated carbocycles. The molecule has 136 valence electrons. The number of hydrogen-bond donors (Lipinski definition) is 0. The van der Waals surface area contributed by atoms with Crippen LogP contribution in [-0.4, -0.2) is 41.6 Å². The van der Waals surface area contributed by atoms with E-state index in [0.29, 0.717) is 6.61 Å². The van der Waals surface area contributed by atoms with Crippen molar-refractivity contribution < 1.29 is 14.3 Å². The summed E-state index contributed by atoms with van der Waals surface area (Å²) in [5, 5.41) is 0. The first kappa shape index (κ1) is 16.9. The number of carbonyl (C=O) groups is 1. The van der Waals surface area contributed by atoms with Crippen LogP contribution in [0.5, 0.6) is 11.5 Å². The molecule has 1 amide bonds. The van der Waals surface area contributed by atoms with Crippen molar-refractivity contribution in [3.63, 3.8) is 0 Å². The molecular weight excluding hydrogens is 328 g/mol. The third-order valence-electron chi connectivity index (χ3n) is 5.00. The SMILES string of the molecule is O=C(c1ccnc(CC[C@@H]2COc3ccccc3O2)c1)N1CCCCC1. The van der Waals surface area contributed by atoms with E-state index in [2.05, 4.69) is 4.98 Å². The monoisotopic (exact) mass is 352 g/mol. The molecule has 0 N–H and O–H groups in total. The number of pyridine rings is 1. The van der Waals surface area contributed by atoms with Gasteiger partial charge < -0.3 is 14.4 Å². The summed E-state index contributed by atoms with van der Waals surface area (Å²) in [6.07, 6.45) is 6.74. The highest BCUT2D eigenvalue weighted by atomic mass is 16.6. The molecule has 26 heavy (non-hydrogen) atoms. The van der Waals surface area contributed by atoms with Gasteiger partial charge in [-0.1, -0.05) is 12.1 Å². The second-order valence-electron chi connectivity index (χ2n) is 6.92. The Hall–Kier alpha value is -2.56. The normalized spacial score (nSPS) is 19.2. The van der Waals surface area contributed by atoms with E-state index in [4.69, 9.17) is 9.47 Å². The molecule has 1 atom stereocenters. The maximum Gasteiger partial charge on any atom is 0.253 e. The van der Waals surface area contributed by atoms with E-state index in [1.165, 1.54) is 6.42 Å². The smallest absolute Gasteiger partial charge is 0.253 e. The van der Waals surface area contributed by atoms with E-state index in [1.54, 1.807) is 6.20 Å². The minimum Gasteiger partial charge on any atom is -0.486 e. The summed E-state index contributed by atoms with van der Waals surface area (Å²) in [6.45, 7) is 2.27. The highest BCUT2D eigenvalue weighted by molar-refractivity contribution is 5.94. The van der Waals surface area contributed by atoms with Gasteiger partial charge in [0.15, 0.2) is 11.5 Å². The molecule has 0 bridgehead atoms. The number of benzene rings is 1. The number of rotatable bonds is 4. The van der Waals surface area contributed by atoms with Gasteiger partial charge in [-0.05, 0) is 56.4 Å². The Balaban J connectivity index is 1.36. The van der Waals surface area contributed by atoms with Gasteiger partial charge in [-0.25, -0.2) is 0 Å². The van der Waals surface area contributed by atoms with Gasteiger partial charge in [0.05, 0.1) is 0 Å². The van der Waals surface area contributed by atoms with Gasteiger partial charge in [-0.3, -0.25) is 9.78 Å². The summed E-state index contributed by atoms with van der Waals surface area (Å²) in [5.41, 5.74) is 1.67. The van der Waals surface area contributed by atoms with Crippen molar-refractivity contribution in [1.29, 1.82) is 0 Å². The van der Waals surface area contributed by atoms with E-state index in [-0.39, 0.29) is 12.0 Å². The van der Waals surface area contributed by atoms with E-state index in [9.17, 15) is 4.79 Å². The molecular formula is C21H24N2O3. The first-order valence-electron chi connectivity index (χ1n) is 9.42. The molecule has 3 heterocycles. The maximum atomic E-state index is 12.6. The molecule has 5 nitrogen and oxygen atoms in total. The first-order chi connectivity index (χ1) is 12.8. The zero-order chi connectivity index (χ0) is 17.8. The lowest BCUT2D eigenvalue weighted by Crippen LogP contribution is -2.35. The maximum absolute atomic E-state index is 12.6. The van der Waals surface area contributed by atoms with Crippen LogP contribution in [0.1, 0.15) is 41.7 Å². The molecule has 1 aromatic carbocycles. The predicted octanol–water partition coefficient (Wildman–Crippen LogP) is 3.48. The molecule has 1 aromatic heterocycles. The molecule has 2 aliphatic rings. The molecule has 5 heteroatoms. The van der Waals surface area contributed by atoms with E-state index in [1.807, 2.05) is 41.3 Å². The summed E-state index contributed by atoms with van der Waals surface area (Å²) in [7, 11) is 0. The van der Waals surface area contributed by atoms with Gasteiger partial charge in [0.2, 0.25) is 0 Å². The van der Waals surface area contributed by atoms with Crippen molar-refractivity contribution in [3.8, 4) is 11.5 Å². The summed E-state index contributed by atoms with van der Waals surface area (Å²) in [4.78, 5) is 19.0. The number of nitrogens with zero attached hydrogens (tertiary/aromatic N) is 2. The number of hydrogen-bond acceptors (Lipinski definition) is 4. The fourth-order valence-electron chi connectivity index (χ4n) is 3.54. The van der Waals surface area contributed by atoms with Crippen LogP contribution in [0.25, 0.3) is 0 Å². The minimum atomic E-state index is 0.00755. The van der Waals surface area contributed by atoms with E-state index < -0.39 is 0 Å². The average molecular weight is 352 g/mol. The lowest BCUT2D eigenvalue weighted by Gasteiger charge is -2.27. The van der Waals surface area contributed by atoms with Crippen molar-refractivity contribution in [2.45, 2.75) is 38.2 Å². The van der Waals surface area contributed by atoms with Crippen LogP contribution in [0.4, 0.5) is 0 Å². The third-order valence-corrected chi connectivity index (χ3v) is 5.00. The average Bonchev–Trinajstić information content (AvgIpc) is 2.72. The molecule has 2 aromatic rings. The van der Waals surface area contributed by atoms with Crippen LogP contribution >= 0.6 is 0 Å². The zero-order valence-corrected chi connectivity index (χ0v) is 14.9. The number of ether oxygens (including phenoxy) is 2. The number of amides is 1. The van der Waals surface area contributed by atoms with Crippen molar-refractivity contribution in [3.05, 3.63) is 53.9 Å². The third kappa shape index (κ3) is 3.82. The fourth-order valence-corrected chi connectivity index (χ4v) is 3.54. The Morgan fingerprint density at radius 3 is 2.77 bits per heavy atom. The quantitative estimate of drug-likeness (QED) is 0.845. The lowest BCUT2D eigenvalue weighted by molar-refractivity contribution is 0.0724.